The van der Waals surface area contributed by atoms with Crippen LogP contribution < -0.4 is 10.6 Å². The molecule has 110 valence electrons. The lowest BCUT2D eigenvalue weighted by Gasteiger charge is -2.26. The van der Waals surface area contributed by atoms with E-state index in [1.165, 1.54) is 10.6 Å². The molecule has 0 bridgehead atoms. The summed E-state index contributed by atoms with van der Waals surface area (Å²) in [6, 6.07) is 20.6. The number of carbonyl (C=O) groups is 1. The van der Waals surface area contributed by atoms with Gasteiger partial charge < -0.3 is 4.74 Å². The SMILES string of the molecule is CC(C)C(=O)OC(C)P(c1ccccc1)c1ccccc1. The lowest BCUT2D eigenvalue weighted by atomic mass is 10.2. The lowest BCUT2D eigenvalue weighted by Crippen LogP contribution is -2.25. The van der Waals surface area contributed by atoms with Crippen molar-refractivity contribution < 1.29 is 9.53 Å². The Morgan fingerprint density at radius 3 is 1.67 bits per heavy atom. The van der Waals surface area contributed by atoms with E-state index in [-0.39, 0.29) is 17.7 Å². The van der Waals surface area contributed by atoms with E-state index in [0.29, 0.717) is 0 Å². The minimum Gasteiger partial charge on any atom is -0.457 e. The zero-order chi connectivity index (χ0) is 15.2. The predicted octanol–water partition coefficient (Wildman–Crippen LogP) is 3.66. The molecule has 0 saturated heterocycles. The Hall–Kier alpha value is -1.66. The molecule has 2 nitrogen and oxygen atoms in total. The minimum atomic E-state index is -0.712. The summed E-state index contributed by atoms with van der Waals surface area (Å²) in [5.41, 5.74) is 0. The Morgan fingerprint density at radius 1 is 0.857 bits per heavy atom. The normalized spacial score (nSPS) is 12.4. The number of carbonyl (C=O) groups excluding carboxylic acids is 1. The van der Waals surface area contributed by atoms with Gasteiger partial charge in [-0.1, -0.05) is 74.5 Å². The quantitative estimate of drug-likeness (QED) is 0.622. The summed E-state index contributed by atoms with van der Waals surface area (Å²) in [5.74, 6) is -0.377. The van der Waals surface area contributed by atoms with Gasteiger partial charge in [-0.15, -0.1) is 0 Å². The molecule has 0 aliphatic rings. The number of ether oxygens (including phenoxy) is 1. The molecule has 0 spiro atoms. The fraction of sp³-hybridized carbons (Fsp3) is 0.278. The molecule has 2 rings (SSSR count). The molecule has 0 aromatic heterocycles. The first kappa shape index (κ1) is 15.7. The third-order valence-electron chi connectivity index (χ3n) is 3.19. The molecular weight excluding hydrogens is 279 g/mol. The highest BCUT2D eigenvalue weighted by atomic mass is 31.1. The average molecular weight is 300 g/mol. The van der Waals surface area contributed by atoms with Gasteiger partial charge in [0.1, 0.15) is 5.85 Å². The number of rotatable bonds is 5. The lowest BCUT2D eigenvalue weighted by molar-refractivity contribution is -0.148. The molecule has 0 aliphatic carbocycles. The van der Waals surface area contributed by atoms with Gasteiger partial charge in [0.25, 0.3) is 0 Å². The van der Waals surface area contributed by atoms with Gasteiger partial charge in [-0.3, -0.25) is 4.79 Å². The van der Waals surface area contributed by atoms with Gasteiger partial charge in [0.2, 0.25) is 0 Å². The number of hydrogen-bond acceptors (Lipinski definition) is 2. The van der Waals surface area contributed by atoms with Crippen molar-refractivity contribution in [2.75, 3.05) is 0 Å². The van der Waals surface area contributed by atoms with Crippen LogP contribution in [0.2, 0.25) is 0 Å². The van der Waals surface area contributed by atoms with E-state index in [0.717, 1.165) is 0 Å². The summed E-state index contributed by atoms with van der Waals surface area (Å²) in [5, 5.41) is 2.45. The zero-order valence-corrected chi connectivity index (χ0v) is 13.6. The maximum atomic E-state index is 11.9. The molecule has 1 unspecified atom stereocenters. The fourth-order valence-corrected chi connectivity index (χ4v) is 4.44. The number of esters is 1. The Morgan fingerprint density at radius 2 is 1.29 bits per heavy atom. The second-order valence-electron chi connectivity index (χ2n) is 5.23. The van der Waals surface area contributed by atoms with Crippen molar-refractivity contribution >= 4 is 24.5 Å². The third kappa shape index (κ3) is 4.15. The van der Waals surface area contributed by atoms with Crippen LogP contribution in [0.5, 0.6) is 0 Å². The van der Waals surface area contributed by atoms with Gasteiger partial charge in [-0.05, 0) is 25.5 Å². The maximum Gasteiger partial charge on any atom is 0.309 e. The summed E-state index contributed by atoms with van der Waals surface area (Å²) in [7, 11) is -0.712. The van der Waals surface area contributed by atoms with Gasteiger partial charge in [0.15, 0.2) is 0 Å². The molecule has 2 aromatic carbocycles. The Kier molecular flexibility index (Phi) is 5.52. The molecule has 0 radical (unpaired) electrons. The molecule has 0 aliphatic heterocycles. The van der Waals surface area contributed by atoms with Crippen molar-refractivity contribution in [1.29, 1.82) is 0 Å². The first-order chi connectivity index (χ1) is 10.1. The van der Waals surface area contributed by atoms with Crippen LogP contribution in [0.15, 0.2) is 60.7 Å². The summed E-state index contributed by atoms with van der Waals surface area (Å²) in [6.45, 7) is 5.72. The van der Waals surface area contributed by atoms with E-state index in [2.05, 4.69) is 24.3 Å². The van der Waals surface area contributed by atoms with Gasteiger partial charge in [0, 0.05) is 0 Å². The minimum absolute atomic E-state index is 0.101. The molecule has 2 aromatic rings. The Bertz CT molecular complexity index is 527. The number of hydrogen-bond donors (Lipinski definition) is 0. The second kappa shape index (κ2) is 7.38. The molecule has 1 atom stereocenters. The summed E-state index contributed by atoms with van der Waals surface area (Å²) in [4.78, 5) is 11.9. The Balaban J connectivity index is 2.31. The molecule has 0 saturated carbocycles. The Labute approximate surface area is 127 Å². The second-order valence-corrected chi connectivity index (χ2v) is 7.73. The van der Waals surface area contributed by atoms with E-state index in [1.807, 2.05) is 57.2 Å². The summed E-state index contributed by atoms with van der Waals surface area (Å²) >= 11 is 0. The van der Waals surface area contributed by atoms with Crippen LogP contribution in [0.1, 0.15) is 20.8 Å². The van der Waals surface area contributed by atoms with Crippen LogP contribution in [0, 0.1) is 5.92 Å². The van der Waals surface area contributed by atoms with E-state index in [1.54, 1.807) is 0 Å². The molecular formula is C18H21O2P. The third-order valence-corrected chi connectivity index (χ3v) is 5.73. The van der Waals surface area contributed by atoms with Gasteiger partial charge in [-0.25, -0.2) is 0 Å². The van der Waals surface area contributed by atoms with Crippen molar-refractivity contribution in [3.63, 3.8) is 0 Å². The molecule has 3 heteroatoms. The first-order valence-electron chi connectivity index (χ1n) is 7.19. The van der Waals surface area contributed by atoms with Crippen molar-refractivity contribution in [2.24, 2.45) is 5.92 Å². The molecule has 0 amide bonds. The average Bonchev–Trinajstić information content (AvgIpc) is 2.49. The van der Waals surface area contributed by atoms with Crippen LogP contribution in [-0.4, -0.2) is 11.8 Å². The van der Waals surface area contributed by atoms with E-state index in [4.69, 9.17) is 4.74 Å². The monoisotopic (exact) mass is 300 g/mol. The fourth-order valence-electron chi connectivity index (χ4n) is 2.10. The van der Waals surface area contributed by atoms with Crippen LogP contribution in [0.3, 0.4) is 0 Å². The molecule has 0 fully saturated rings. The summed E-state index contributed by atoms with van der Waals surface area (Å²) in [6.07, 6.45) is 0. The molecule has 0 N–H and O–H groups in total. The van der Waals surface area contributed by atoms with Crippen molar-refractivity contribution in [1.82, 2.24) is 0 Å². The van der Waals surface area contributed by atoms with Gasteiger partial charge >= 0.3 is 5.97 Å². The van der Waals surface area contributed by atoms with E-state index in [9.17, 15) is 4.79 Å². The topological polar surface area (TPSA) is 26.3 Å². The largest absolute Gasteiger partial charge is 0.457 e. The number of benzene rings is 2. The van der Waals surface area contributed by atoms with Crippen molar-refractivity contribution in [2.45, 2.75) is 26.6 Å². The van der Waals surface area contributed by atoms with Gasteiger partial charge in [-0.2, -0.15) is 0 Å². The van der Waals surface area contributed by atoms with Crippen LogP contribution >= 0.6 is 7.92 Å². The van der Waals surface area contributed by atoms with Crippen LogP contribution in [0.25, 0.3) is 0 Å². The molecule has 0 heterocycles. The highest BCUT2D eigenvalue weighted by Gasteiger charge is 2.24. The predicted molar refractivity (Wildman–Crippen MR) is 89.5 cm³/mol. The standard InChI is InChI=1S/C18H21O2P/c1-14(2)18(19)20-15(3)21(16-10-6-4-7-11-16)17-12-8-5-9-13-17/h4-15H,1-3H3. The van der Waals surface area contributed by atoms with Crippen molar-refractivity contribution in [3.8, 4) is 0 Å². The van der Waals surface area contributed by atoms with Crippen LogP contribution in [-0.2, 0) is 9.53 Å². The van der Waals surface area contributed by atoms with Crippen molar-refractivity contribution in [3.05, 3.63) is 60.7 Å². The summed E-state index contributed by atoms with van der Waals surface area (Å²) < 4.78 is 5.67. The maximum absolute atomic E-state index is 11.9. The zero-order valence-electron chi connectivity index (χ0n) is 12.7. The van der Waals surface area contributed by atoms with Gasteiger partial charge in [0.05, 0.1) is 5.92 Å². The highest BCUT2D eigenvalue weighted by molar-refractivity contribution is 7.73. The van der Waals surface area contributed by atoms with E-state index < -0.39 is 7.92 Å². The highest BCUT2D eigenvalue weighted by Crippen LogP contribution is 2.40. The van der Waals surface area contributed by atoms with Crippen LogP contribution in [0.4, 0.5) is 0 Å². The first-order valence-corrected chi connectivity index (χ1v) is 8.60. The molecule has 21 heavy (non-hydrogen) atoms. The van der Waals surface area contributed by atoms with E-state index >= 15 is 0 Å². The smallest absolute Gasteiger partial charge is 0.309 e.